The molecule has 0 saturated heterocycles. The van der Waals surface area contributed by atoms with Crippen LogP contribution in [0.5, 0.6) is 11.5 Å². The topological polar surface area (TPSA) is 89.2 Å². The van der Waals surface area contributed by atoms with Crippen molar-refractivity contribution in [3.63, 3.8) is 0 Å². The minimum atomic E-state index is -0.642. The van der Waals surface area contributed by atoms with Crippen LogP contribution in [0.3, 0.4) is 0 Å². The van der Waals surface area contributed by atoms with Gasteiger partial charge >= 0.3 is 0 Å². The summed E-state index contributed by atoms with van der Waals surface area (Å²) in [5.74, 6) is 0.0469. The largest absolute Gasteiger partial charge is 0.504 e. The van der Waals surface area contributed by atoms with Crippen LogP contribution in [0.25, 0.3) is 11.0 Å². The third-order valence-corrected chi connectivity index (χ3v) is 5.93. The molecule has 7 nitrogen and oxygen atoms in total. The van der Waals surface area contributed by atoms with Crippen molar-refractivity contribution in [3.8, 4) is 11.5 Å². The average Bonchev–Trinajstić information content (AvgIpc) is 3.04. The van der Waals surface area contributed by atoms with Crippen LogP contribution in [0.15, 0.2) is 39.5 Å². The summed E-state index contributed by atoms with van der Waals surface area (Å²) in [6.45, 7) is 6.95. The van der Waals surface area contributed by atoms with Crippen LogP contribution in [0.4, 0.5) is 0 Å². The lowest BCUT2D eigenvalue weighted by atomic mass is 9.97. The van der Waals surface area contributed by atoms with Crippen LogP contribution in [0.2, 0.25) is 0 Å². The molecule has 1 aromatic heterocycles. The van der Waals surface area contributed by atoms with Crippen molar-refractivity contribution in [2.24, 2.45) is 0 Å². The van der Waals surface area contributed by atoms with E-state index in [2.05, 4.69) is 0 Å². The standard InChI is InChI=1S/C25H27NO6/c1-5-31-20-13-16(7-8-18(20)27)22-21-23(28)17-11-14(2)15(3)12-19(17)32-24(21)25(29)26(22)9-6-10-30-4/h7-8,11-13,22,27H,5-6,9-10H2,1-4H3. The van der Waals surface area contributed by atoms with Gasteiger partial charge in [0.15, 0.2) is 16.9 Å². The molecule has 168 valence electrons. The summed E-state index contributed by atoms with van der Waals surface area (Å²) < 4.78 is 16.7. The quantitative estimate of drug-likeness (QED) is 0.560. The Kier molecular flexibility index (Phi) is 5.93. The molecule has 3 aromatic rings. The number of nitrogens with zero attached hydrogens (tertiary/aromatic N) is 1. The van der Waals surface area contributed by atoms with Gasteiger partial charge in [0.25, 0.3) is 5.91 Å². The highest BCUT2D eigenvalue weighted by atomic mass is 16.5. The first-order chi connectivity index (χ1) is 15.4. The molecule has 1 N–H and O–H groups in total. The molecule has 4 rings (SSSR count). The molecule has 1 aliphatic heterocycles. The SMILES string of the molecule is CCOc1cc(C2c3c(oc4cc(C)c(C)cc4c3=O)C(=O)N2CCCOC)ccc1O. The number of rotatable bonds is 7. The van der Waals surface area contributed by atoms with Crippen LogP contribution in [-0.2, 0) is 4.74 Å². The molecular weight excluding hydrogens is 410 g/mol. The normalized spacial score (nSPS) is 15.4. The number of aromatic hydroxyl groups is 1. The number of methoxy groups -OCH3 is 1. The minimum Gasteiger partial charge on any atom is -0.504 e. The Morgan fingerprint density at radius 1 is 1.12 bits per heavy atom. The van der Waals surface area contributed by atoms with Crippen LogP contribution >= 0.6 is 0 Å². The molecule has 0 spiro atoms. The van der Waals surface area contributed by atoms with Crippen molar-refractivity contribution in [1.82, 2.24) is 4.90 Å². The summed E-state index contributed by atoms with van der Waals surface area (Å²) >= 11 is 0. The number of fused-ring (bicyclic) bond motifs is 2. The van der Waals surface area contributed by atoms with Crippen LogP contribution in [-0.4, -0.2) is 42.8 Å². The van der Waals surface area contributed by atoms with Crippen molar-refractivity contribution in [2.45, 2.75) is 33.2 Å². The molecule has 1 aliphatic rings. The number of amides is 1. The van der Waals surface area contributed by atoms with E-state index < -0.39 is 6.04 Å². The number of phenols is 1. The van der Waals surface area contributed by atoms with E-state index in [0.717, 1.165) is 11.1 Å². The van der Waals surface area contributed by atoms with E-state index in [1.165, 1.54) is 6.07 Å². The number of carbonyl (C=O) groups is 1. The van der Waals surface area contributed by atoms with Crippen LogP contribution in [0, 0.1) is 13.8 Å². The van der Waals surface area contributed by atoms with Gasteiger partial charge in [0.2, 0.25) is 5.76 Å². The fourth-order valence-electron chi connectivity index (χ4n) is 4.20. The second-order valence-electron chi connectivity index (χ2n) is 8.01. The molecule has 1 amide bonds. The van der Waals surface area contributed by atoms with Crippen molar-refractivity contribution in [2.75, 3.05) is 26.9 Å². The second-order valence-corrected chi connectivity index (χ2v) is 8.01. The molecule has 1 atom stereocenters. The molecule has 2 aromatic carbocycles. The van der Waals surface area contributed by atoms with Crippen molar-refractivity contribution >= 4 is 16.9 Å². The van der Waals surface area contributed by atoms with Gasteiger partial charge in [-0.3, -0.25) is 9.59 Å². The van der Waals surface area contributed by atoms with E-state index in [1.807, 2.05) is 26.8 Å². The Hall–Kier alpha value is -3.32. The van der Waals surface area contributed by atoms with Gasteiger partial charge in [0.1, 0.15) is 5.58 Å². The molecule has 7 heteroatoms. The Morgan fingerprint density at radius 2 is 1.88 bits per heavy atom. The van der Waals surface area contributed by atoms with Crippen molar-refractivity contribution in [1.29, 1.82) is 0 Å². The van der Waals surface area contributed by atoms with Crippen molar-refractivity contribution in [3.05, 3.63) is 68.6 Å². The summed E-state index contributed by atoms with van der Waals surface area (Å²) in [5, 5.41) is 10.6. The highest BCUT2D eigenvalue weighted by Crippen LogP contribution is 2.41. The summed E-state index contributed by atoms with van der Waals surface area (Å²) in [4.78, 5) is 28.6. The third kappa shape index (κ3) is 3.62. The number of hydrogen-bond acceptors (Lipinski definition) is 6. The molecule has 0 fully saturated rings. The second kappa shape index (κ2) is 8.67. The predicted molar refractivity (Wildman–Crippen MR) is 121 cm³/mol. The van der Waals surface area contributed by atoms with Gasteiger partial charge in [-0.1, -0.05) is 6.07 Å². The highest BCUT2D eigenvalue weighted by Gasteiger charge is 2.42. The lowest BCUT2D eigenvalue weighted by Gasteiger charge is -2.25. The van der Waals surface area contributed by atoms with Gasteiger partial charge < -0.3 is 23.9 Å². The first-order valence-electron chi connectivity index (χ1n) is 10.7. The number of benzene rings is 2. The highest BCUT2D eigenvalue weighted by molar-refractivity contribution is 5.99. The first-order valence-corrected chi connectivity index (χ1v) is 10.7. The lowest BCUT2D eigenvalue weighted by Crippen LogP contribution is -2.31. The van der Waals surface area contributed by atoms with E-state index >= 15 is 0 Å². The number of carbonyl (C=O) groups excluding carboxylic acids is 1. The van der Waals surface area contributed by atoms with Gasteiger partial charge in [0.05, 0.1) is 23.6 Å². The number of hydrogen-bond donors (Lipinski definition) is 1. The van der Waals surface area contributed by atoms with Gasteiger partial charge in [-0.05, 0) is 68.1 Å². The fraction of sp³-hybridized carbons (Fsp3) is 0.360. The van der Waals surface area contributed by atoms with E-state index in [4.69, 9.17) is 13.9 Å². The van der Waals surface area contributed by atoms with E-state index in [0.29, 0.717) is 54.0 Å². The number of phenolic OH excluding ortho intramolecular Hbond substituents is 1. The number of aryl methyl sites for hydroxylation is 2. The Bertz CT molecular complexity index is 1250. The maximum atomic E-state index is 13.6. The molecule has 0 radical (unpaired) electrons. The van der Waals surface area contributed by atoms with E-state index in [-0.39, 0.29) is 22.8 Å². The average molecular weight is 437 g/mol. The Morgan fingerprint density at radius 3 is 2.59 bits per heavy atom. The maximum absolute atomic E-state index is 13.6. The van der Waals surface area contributed by atoms with Crippen molar-refractivity contribution < 1.29 is 23.8 Å². The van der Waals surface area contributed by atoms with E-state index in [9.17, 15) is 14.7 Å². The summed E-state index contributed by atoms with van der Waals surface area (Å²) in [6.07, 6.45) is 0.606. The molecular formula is C25H27NO6. The monoisotopic (exact) mass is 437 g/mol. The molecule has 32 heavy (non-hydrogen) atoms. The third-order valence-electron chi connectivity index (χ3n) is 5.93. The van der Waals surface area contributed by atoms with Gasteiger partial charge in [-0.2, -0.15) is 0 Å². The predicted octanol–water partition coefficient (Wildman–Crippen LogP) is 4.10. The van der Waals surface area contributed by atoms with Gasteiger partial charge in [0, 0.05) is 20.3 Å². The van der Waals surface area contributed by atoms with Crippen LogP contribution < -0.4 is 10.2 Å². The smallest absolute Gasteiger partial charge is 0.290 e. The van der Waals surface area contributed by atoms with Gasteiger partial charge in [-0.15, -0.1) is 0 Å². The Balaban J connectivity index is 1.93. The molecule has 0 aliphatic carbocycles. The summed E-state index contributed by atoms with van der Waals surface area (Å²) in [5.41, 5.74) is 3.14. The zero-order valence-electron chi connectivity index (χ0n) is 18.7. The molecule has 0 saturated carbocycles. The minimum absolute atomic E-state index is 0.00252. The first kappa shape index (κ1) is 21.9. The maximum Gasteiger partial charge on any atom is 0.290 e. The lowest BCUT2D eigenvalue weighted by molar-refractivity contribution is 0.0707. The zero-order valence-corrected chi connectivity index (χ0v) is 18.7. The van der Waals surface area contributed by atoms with Gasteiger partial charge in [-0.25, -0.2) is 0 Å². The number of ether oxygens (including phenoxy) is 2. The summed E-state index contributed by atoms with van der Waals surface area (Å²) in [7, 11) is 1.61. The summed E-state index contributed by atoms with van der Waals surface area (Å²) in [6, 6.07) is 7.88. The zero-order chi connectivity index (χ0) is 23.0. The fourth-order valence-corrected chi connectivity index (χ4v) is 4.20. The van der Waals surface area contributed by atoms with Crippen LogP contribution in [0.1, 0.15) is 52.2 Å². The molecule has 0 bridgehead atoms. The Labute approximate surface area is 186 Å². The van der Waals surface area contributed by atoms with E-state index in [1.54, 1.807) is 30.2 Å². The molecule has 1 unspecified atom stereocenters. The molecule has 2 heterocycles.